The first-order valence-corrected chi connectivity index (χ1v) is 5.73. The van der Waals surface area contributed by atoms with E-state index in [1.807, 2.05) is 0 Å². The van der Waals surface area contributed by atoms with Crippen molar-refractivity contribution in [2.75, 3.05) is 30.4 Å². The van der Waals surface area contributed by atoms with Gasteiger partial charge in [0.2, 0.25) is 5.95 Å². The van der Waals surface area contributed by atoms with Gasteiger partial charge in [0.05, 0.1) is 19.3 Å². The number of halogens is 1. The maximum Gasteiger partial charge on any atom is 0.223 e. The molecule has 0 spiro atoms. The minimum atomic E-state index is 0.212. The SMILES string of the molecule is CCC1COCCN1c1cc(Cl)nc(N)n1. The summed E-state index contributed by atoms with van der Waals surface area (Å²) in [4.78, 5) is 10.2. The normalized spacial score (nSPS) is 21.1. The Morgan fingerprint density at radius 3 is 3.12 bits per heavy atom. The fraction of sp³-hybridized carbons (Fsp3) is 0.600. The maximum absolute atomic E-state index is 5.87. The molecule has 1 aliphatic rings. The summed E-state index contributed by atoms with van der Waals surface area (Å²) in [5.41, 5.74) is 5.59. The van der Waals surface area contributed by atoms with Gasteiger partial charge in [0, 0.05) is 12.6 Å². The van der Waals surface area contributed by atoms with Gasteiger partial charge in [0.25, 0.3) is 0 Å². The Balaban J connectivity index is 2.26. The molecule has 1 aliphatic heterocycles. The van der Waals surface area contributed by atoms with Crippen LogP contribution in [0, 0.1) is 0 Å². The molecule has 0 amide bonds. The van der Waals surface area contributed by atoms with Crippen molar-refractivity contribution in [1.82, 2.24) is 9.97 Å². The van der Waals surface area contributed by atoms with Gasteiger partial charge >= 0.3 is 0 Å². The largest absolute Gasteiger partial charge is 0.377 e. The number of hydrogen-bond donors (Lipinski definition) is 1. The van der Waals surface area contributed by atoms with Crippen LogP contribution >= 0.6 is 11.6 Å². The number of nitrogens with zero attached hydrogens (tertiary/aromatic N) is 3. The molecule has 1 fully saturated rings. The molecule has 0 aromatic carbocycles. The van der Waals surface area contributed by atoms with Gasteiger partial charge < -0.3 is 15.4 Å². The first kappa shape index (κ1) is 11.4. The molecule has 2 rings (SSSR count). The fourth-order valence-corrected chi connectivity index (χ4v) is 2.05. The van der Waals surface area contributed by atoms with E-state index in [1.54, 1.807) is 6.07 Å². The van der Waals surface area contributed by atoms with Crippen molar-refractivity contribution in [1.29, 1.82) is 0 Å². The molecule has 0 saturated carbocycles. The Kier molecular flexibility index (Phi) is 3.46. The summed E-state index contributed by atoms with van der Waals surface area (Å²) in [6, 6.07) is 2.07. The van der Waals surface area contributed by atoms with E-state index in [0.717, 1.165) is 25.4 Å². The first-order valence-electron chi connectivity index (χ1n) is 5.35. The second kappa shape index (κ2) is 4.84. The van der Waals surface area contributed by atoms with E-state index in [1.165, 1.54) is 0 Å². The summed E-state index contributed by atoms with van der Waals surface area (Å²) in [7, 11) is 0. The van der Waals surface area contributed by atoms with E-state index in [2.05, 4.69) is 21.8 Å². The van der Waals surface area contributed by atoms with Gasteiger partial charge in [-0.15, -0.1) is 0 Å². The van der Waals surface area contributed by atoms with Crippen molar-refractivity contribution in [2.24, 2.45) is 0 Å². The van der Waals surface area contributed by atoms with Crippen LogP contribution in [0.5, 0.6) is 0 Å². The quantitative estimate of drug-likeness (QED) is 0.793. The molecule has 2 N–H and O–H groups in total. The average Bonchev–Trinajstić information content (AvgIpc) is 2.27. The molecule has 1 unspecified atom stereocenters. The lowest BCUT2D eigenvalue weighted by atomic mass is 10.2. The summed E-state index contributed by atoms with van der Waals surface area (Å²) in [6.07, 6.45) is 1.00. The third-order valence-corrected chi connectivity index (χ3v) is 2.89. The molecule has 0 bridgehead atoms. The van der Waals surface area contributed by atoms with Crippen LogP contribution in [0.1, 0.15) is 13.3 Å². The Morgan fingerprint density at radius 2 is 2.44 bits per heavy atom. The highest BCUT2D eigenvalue weighted by atomic mass is 35.5. The maximum atomic E-state index is 5.87. The standard InChI is InChI=1S/C10H15ClN4O/c1-2-7-6-16-4-3-15(7)9-5-8(11)13-10(12)14-9/h5,7H,2-4,6H2,1H3,(H2,12,13,14). The number of nitrogens with two attached hydrogens (primary N) is 1. The number of rotatable bonds is 2. The number of ether oxygens (including phenoxy) is 1. The highest BCUT2D eigenvalue weighted by molar-refractivity contribution is 6.29. The summed E-state index contributed by atoms with van der Waals surface area (Å²) >= 11 is 5.87. The smallest absolute Gasteiger partial charge is 0.223 e. The molecular weight excluding hydrogens is 228 g/mol. The van der Waals surface area contributed by atoms with E-state index in [4.69, 9.17) is 22.1 Å². The lowest BCUT2D eigenvalue weighted by Gasteiger charge is -2.35. The summed E-state index contributed by atoms with van der Waals surface area (Å²) < 4.78 is 5.44. The molecule has 1 aromatic rings. The highest BCUT2D eigenvalue weighted by Gasteiger charge is 2.23. The highest BCUT2D eigenvalue weighted by Crippen LogP contribution is 2.22. The van der Waals surface area contributed by atoms with Crippen LogP contribution in [0.15, 0.2) is 6.07 Å². The molecule has 5 nitrogen and oxygen atoms in total. The Morgan fingerprint density at radius 1 is 1.62 bits per heavy atom. The molecule has 0 aliphatic carbocycles. The van der Waals surface area contributed by atoms with Gasteiger partial charge in [-0.3, -0.25) is 0 Å². The second-order valence-electron chi connectivity index (χ2n) is 3.74. The molecular formula is C10H15ClN4O. The first-order chi connectivity index (χ1) is 7.70. The van der Waals surface area contributed by atoms with Crippen LogP contribution in [-0.4, -0.2) is 35.8 Å². The lowest BCUT2D eigenvalue weighted by Crippen LogP contribution is -2.45. The predicted molar refractivity (Wildman–Crippen MR) is 63.7 cm³/mol. The molecule has 1 saturated heterocycles. The second-order valence-corrected chi connectivity index (χ2v) is 4.12. The van der Waals surface area contributed by atoms with Crippen molar-refractivity contribution in [3.63, 3.8) is 0 Å². The minimum Gasteiger partial charge on any atom is -0.377 e. The molecule has 16 heavy (non-hydrogen) atoms. The van der Waals surface area contributed by atoms with E-state index in [0.29, 0.717) is 17.8 Å². The molecule has 2 heterocycles. The molecule has 0 radical (unpaired) electrons. The fourth-order valence-electron chi connectivity index (χ4n) is 1.86. The number of morpholine rings is 1. The number of hydrogen-bond acceptors (Lipinski definition) is 5. The number of nitrogen functional groups attached to an aromatic ring is 1. The van der Waals surface area contributed by atoms with Crippen LogP contribution in [0.3, 0.4) is 0 Å². The van der Waals surface area contributed by atoms with Gasteiger partial charge in [0.15, 0.2) is 0 Å². The monoisotopic (exact) mass is 242 g/mol. The van der Waals surface area contributed by atoms with Crippen molar-refractivity contribution in [3.05, 3.63) is 11.2 Å². The Labute approximate surface area is 99.6 Å². The van der Waals surface area contributed by atoms with Gasteiger partial charge in [-0.1, -0.05) is 18.5 Å². The van der Waals surface area contributed by atoms with Crippen molar-refractivity contribution in [3.8, 4) is 0 Å². The Hall–Kier alpha value is -1.07. The topological polar surface area (TPSA) is 64.3 Å². The summed E-state index contributed by atoms with van der Waals surface area (Å²) in [5.74, 6) is 0.997. The summed E-state index contributed by atoms with van der Waals surface area (Å²) in [5, 5.41) is 0.379. The Bertz CT molecular complexity index is 354. The molecule has 1 aromatic heterocycles. The van der Waals surface area contributed by atoms with Crippen molar-refractivity contribution in [2.45, 2.75) is 19.4 Å². The van der Waals surface area contributed by atoms with Crippen LogP contribution in [0.2, 0.25) is 5.15 Å². The van der Waals surface area contributed by atoms with Crippen LogP contribution in [0.4, 0.5) is 11.8 Å². The van der Waals surface area contributed by atoms with Gasteiger partial charge in [0.1, 0.15) is 11.0 Å². The van der Waals surface area contributed by atoms with Crippen molar-refractivity contribution >= 4 is 23.4 Å². The zero-order chi connectivity index (χ0) is 11.5. The number of anilines is 2. The zero-order valence-corrected chi connectivity index (χ0v) is 9.94. The van der Waals surface area contributed by atoms with E-state index in [9.17, 15) is 0 Å². The third kappa shape index (κ3) is 2.36. The molecule has 88 valence electrons. The van der Waals surface area contributed by atoms with E-state index >= 15 is 0 Å². The van der Waals surface area contributed by atoms with Crippen LogP contribution in [0.25, 0.3) is 0 Å². The molecule has 1 atom stereocenters. The van der Waals surface area contributed by atoms with Gasteiger partial charge in [-0.05, 0) is 6.42 Å². The molecule has 6 heteroatoms. The minimum absolute atomic E-state index is 0.212. The van der Waals surface area contributed by atoms with E-state index in [-0.39, 0.29) is 5.95 Å². The van der Waals surface area contributed by atoms with Gasteiger partial charge in [-0.2, -0.15) is 4.98 Å². The number of aromatic nitrogens is 2. The third-order valence-electron chi connectivity index (χ3n) is 2.69. The van der Waals surface area contributed by atoms with Crippen LogP contribution in [-0.2, 0) is 4.74 Å². The summed E-state index contributed by atoms with van der Waals surface area (Å²) in [6.45, 7) is 4.36. The van der Waals surface area contributed by atoms with Crippen molar-refractivity contribution < 1.29 is 4.74 Å². The average molecular weight is 243 g/mol. The van der Waals surface area contributed by atoms with Gasteiger partial charge in [-0.25, -0.2) is 4.98 Å². The van der Waals surface area contributed by atoms with E-state index < -0.39 is 0 Å². The zero-order valence-electron chi connectivity index (χ0n) is 9.19. The van der Waals surface area contributed by atoms with Crippen LogP contribution < -0.4 is 10.6 Å². The predicted octanol–water partition coefficient (Wildman–Crippen LogP) is 1.33. The lowest BCUT2D eigenvalue weighted by molar-refractivity contribution is 0.0926.